The van der Waals surface area contributed by atoms with Crippen molar-refractivity contribution in [3.63, 3.8) is 0 Å². The Morgan fingerprint density at radius 1 is 0.941 bits per heavy atom. The summed E-state index contributed by atoms with van der Waals surface area (Å²) in [6.45, 7) is 0. The molecule has 0 nitrogen and oxygen atoms in total. The first kappa shape index (κ1) is 15.0. The van der Waals surface area contributed by atoms with Crippen LogP contribution in [0.4, 0.5) is 22.0 Å². The Morgan fingerprint density at radius 3 is 1.71 bits per heavy atom. The summed E-state index contributed by atoms with van der Waals surface area (Å²) in [5, 5.41) is -0.0372. The number of alkyl halides is 6. The lowest BCUT2D eigenvalue weighted by atomic mass is 10.1. The molecule has 8 heteroatoms. The van der Waals surface area contributed by atoms with Gasteiger partial charge in [-0.3, -0.25) is 0 Å². The van der Waals surface area contributed by atoms with Gasteiger partial charge in [-0.2, -0.15) is 22.0 Å². The Hall–Kier alpha value is -0.0700. The molecule has 0 heterocycles. The van der Waals surface area contributed by atoms with Gasteiger partial charge in [-0.05, 0) is 23.8 Å². The van der Waals surface area contributed by atoms with Crippen LogP contribution in [0.5, 0.6) is 0 Å². The van der Waals surface area contributed by atoms with Gasteiger partial charge in [0.2, 0.25) is 0 Å². The summed E-state index contributed by atoms with van der Waals surface area (Å²) < 4.78 is 62.4. The van der Waals surface area contributed by atoms with E-state index in [1.807, 2.05) is 0 Å². The zero-order valence-electron chi connectivity index (χ0n) is 7.83. The SMILES string of the molecule is FC(F)(F)C(F)(F)C(Br)c1cc(Cl)cc(Cl)c1. The van der Waals surface area contributed by atoms with Crippen molar-refractivity contribution >= 4 is 39.1 Å². The lowest BCUT2D eigenvalue weighted by Crippen LogP contribution is -2.39. The Morgan fingerprint density at radius 2 is 1.35 bits per heavy atom. The summed E-state index contributed by atoms with van der Waals surface area (Å²) in [7, 11) is 0. The van der Waals surface area contributed by atoms with Crippen molar-refractivity contribution in [1.29, 1.82) is 0 Å². The summed E-state index contributed by atoms with van der Waals surface area (Å²) in [6, 6.07) is 3.22. The number of rotatable bonds is 2. The van der Waals surface area contributed by atoms with Crippen molar-refractivity contribution in [2.24, 2.45) is 0 Å². The lowest BCUT2D eigenvalue weighted by Gasteiger charge is -2.25. The molecule has 0 fully saturated rings. The molecule has 1 aromatic rings. The van der Waals surface area contributed by atoms with E-state index >= 15 is 0 Å². The molecule has 0 bridgehead atoms. The van der Waals surface area contributed by atoms with Gasteiger partial charge in [0.05, 0.1) is 0 Å². The lowest BCUT2D eigenvalue weighted by molar-refractivity contribution is -0.281. The third-order valence-electron chi connectivity index (χ3n) is 1.87. The Bertz CT molecular complexity index is 398. The molecule has 0 amide bonds. The van der Waals surface area contributed by atoms with Gasteiger partial charge in [0.15, 0.2) is 0 Å². The fourth-order valence-corrected chi connectivity index (χ4v) is 2.14. The van der Waals surface area contributed by atoms with Gasteiger partial charge >= 0.3 is 12.1 Å². The van der Waals surface area contributed by atoms with Gasteiger partial charge in [-0.15, -0.1) is 0 Å². The average molecular weight is 358 g/mol. The first-order valence-corrected chi connectivity index (χ1v) is 5.77. The summed E-state index contributed by atoms with van der Waals surface area (Å²) in [5.41, 5.74) is -0.343. The van der Waals surface area contributed by atoms with Crippen LogP contribution in [0.15, 0.2) is 18.2 Å². The van der Waals surface area contributed by atoms with Crippen molar-refractivity contribution in [3.05, 3.63) is 33.8 Å². The van der Waals surface area contributed by atoms with Crippen molar-refractivity contribution in [1.82, 2.24) is 0 Å². The molecule has 1 aromatic carbocycles. The van der Waals surface area contributed by atoms with Gasteiger partial charge < -0.3 is 0 Å². The maximum atomic E-state index is 13.0. The molecule has 1 rings (SSSR count). The Balaban J connectivity index is 3.16. The van der Waals surface area contributed by atoms with Crippen LogP contribution in [0.25, 0.3) is 0 Å². The summed E-state index contributed by atoms with van der Waals surface area (Å²) in [4.78, 5) is -2.24. The van der Waals surface area contributed by atoms with Gasteiger partial charge in [0, 0.05) is 10.0 Å². The van der Waals surface area contributed by atoms with Crippen LogP contribution in [0.3, 0.4) is 0 Å². The van der Waals surface area contributed by atoms with Crippen LogP contribution in [0, 0.1) is 0 Å². The Kier molecular flexibility index (Phi) is 4.32. The van der Waals surface area contributed by atoms with Crippen LogP contribution in [-0.4, -0.2) is 12.1 Å². The standard InChI is InChI=1S/C9H4BrCl2F5/c10-7(8(13,14)9(15,16)17)4-1-5(11)3-6(12)2-4/h1-3,7H. The molecule has 0 aromatic heterocycles. The molecule has 0 spiro atoms. The van der Waals surface area contributed by atoms with E-state index in [1.165, 1.54) is 6.07 Å². The zero-order chi connectivity index (χ0) is 13.4. The van der Waals surface area contributed by atoms with Crippen molar-refractivity contribution in [2.75, 3.05) is 0 Å². The van der Waals surface area contributed by atoms with Crippen molar-refractivity contribution in [2.45, 2.75) is 16.9 Å². The van der Waals surface area contributed by atoms with Crippen LogP contribution in [-0.2, 0) is 0 Å². The van der Waals surface area contributed by atoms with Gasteiger partial charge in [-0.1, -0.05) is 39.1 Å². The van der Waals surface area contributed by atoms with Crippen molar-refractivity contribution < 1.29 is 22.0 Å². The number of halogens is 8. The molecular weight excluding hydrogens is 354 g/mol. The molecule has 0 saturated heterocycles. The smallest absolute Gasteiger partial charge is 0.195 e. The predicted octanol–water partition coefficient (Wildman–Crippen LogP) is 5.63. The molecule has 0 saturated carbocycles. The molecule has 0 aliphatic heterocycles. The maximum absolute atomic E-state index is 13.0. The number of hydrogen-bond donors (Lipinski definition) is 0. The van der Waals surface area contributed by atoms with E-state index in [1.54, 1.807) is 0 Å². The second-order valence-electron chi connectivity index (χ2n) is 3.19. The largest absolute Gasteiger partial charge is 0.454 e. The first-order valence-electron chi connectivity index (χ1n) is 4.10. The highest BCUT2D eigenvalue weighted by Gasteiger charge is 2.62. The average Bonchev–Trinajstić information content (AvgIpc) is 2.13. The van der Waals surface area contributed by atoms with Crippen LogP contribution < -0.4 is 0 Å². The van der Waals surface area contributed by atoms with Gasteiger partial charge in [-0.25, -0.2) is 0 Å². The van der Waals surface area contributed by atoms with E-state index in [9.17, 15) is 22.0 Å². The molecule has 0 aliphatic rings. The van der Waals surface area contributed by atoms with Crippen LogP contribution in [0.2, 0.25) is 10.0 Å². The molecular formula is C9H4BrCl2F5. The normalized spacial score (nSPS) is 14.8. The van der Waals surface area contributed by atoms with Gasteiger partial charge in [0.25, 0.3) is 0 Å². The quantitative estimate of drug-likeness (QED) is 0.475. The molecule has 1 atom stereocenters. The minimum absolute atomic E-state index is 0.0186. The summed E-state index contributed by atoms with van der Waals surface area (Å²) >= 11 is 13.4. The minimum atomic E-state index is -5.66. The first-order chi connectivity index (χ1) is 7.55. The molecule has 96 valence electrons. The topological polar surface area (TPSA) is 0 Å². The number of benzene rings is 1. The summed E-state index contributed by atoms with van der Waals surface area (Å²) in [6.07, 6.45) is -5.66. The van der Waals surface area contributed by atoms with Crippen LogP contribution in [0.1, 0.15) is 10.4 Å². The zero-order valence-corrected chi connectivity index (χ0v) is 10.9. The second-order valence-corrected chi connectivity index (χ2v) is 4.97. The molecule has 17 heavy (non-hydrogen) atoms. The minimum Gasteiger partial charge on any atom is -0.195 e. The monoisotopic (exact) mass is 356 g/mol. The van der Waals surface area contributed by atoms with E-state index in [4.69, 9.17) is 23.2 Å². The molecule has 0 N–H and O–H groups in total. The van der Waals surface area contributed by atoms with E-state index in [0.29, 0.717) is 0 Å². The molecule has 0 radical (unpaired) electrons. The third kappa shape index (κ3) is 3.23. The molecule has 0 aliphatic carbocycles. The third-order valence-corrected chi connectivity index (χ3v) is 3.41. The molecule has 1 unspecified atom stereocenters. The van der Waals surface area contributed by atoms with E-state index < -0.39 is 16.9 Å². The fourth-order valence-electron chi connectivity index (χ4n) is 1.07. The van der Waals surface area contributed by atoms with E-state index in [2.05, 4.69) is 15.9 Å². The fraction of sp³-hybridized carbons (Fsp3) is 0.333. The highest BCUT2D eigenvalue weighted by molar-refractivity contribution is 9.09. The highest BCUT2D eigenvalue weighted by atomic mass is 79.9. The Labute approximate surface area is 112 Å². The van der Waals surface area contributed by atoms with E-state index in [-0.39, 0.29) is 15.6 Å². The summed E-state index contributed by atoms with van der Waals surface area (Å²) in [5.74, 6) is -4.92. The van der Waals surface area contributed by atoms with Crippen molar-refractivity contribution in [3.8, 4) is 0 Å². The van der Waals surface area contributed by atoms with Gasteiger partial charge in [0.1, 0.15) is 4.83 Å². The predicted molar refractivity (Wildman–Crippen MR) is 59.1 cm³/mol. The maximum Gasteiger partial charge on any atom is 0.454 e. The van der Waals surface area contributed by atoms with E-state index in [0.717, 1.165) is 12.1 Å². The second kappa shape index (κ2) is 4.90. The van der Waals surface area contributed by atoms with Crippen LogP contribution >= 0.6 is 39.1 Å². The highest BCUT2D eigenvalue weighted by Crippen LogP contribution is 2.49. The number of hydrogen-bond acceptors (Lipinski definition) is 0.